The smallest absolute Gasteiger partial charge is 0.233 e. The number of carbonyl (C=O) groups is 1. The minimum absolute atomic E-state index is 0.00966. The Hall–Kier alpha value is -1.62. The average Bonchev–Trinajstić information content (AvgIpc) is 2.39. The largest absolute Gasteiger partial charge is 0.496 e. The predicted molar refractivity (Wildman–Crippen MR) is 79.8 cm³/mol. The monoisotopic (exact) mass is 279 g/mol. The molecular weight excluding hydrogens is 254 g/mol. The van der Waals surface area contributed by atoms with Gasteiger partial charge in [0.25, 0.3) is 0 Å². The first-order chi connectivity index (χ1) is 9.45. The molecule has 0 radical (unpaired) electrons. The van der Waals surface area contributed by atoms with Gasteiger partial charge in [-0.05, 0) is 19.8 Å². The van der Waals surface area contributed by atoms with Crippen LogP contribution in [0.2, 0.25) is 0 Å². The van der Waals surface area contributed by atoms with Crippen molar-refractivity contribution in [2.75, 3.05) is 20.2 Å². The van der Waals surface area contributed by atoms with Crippen molar-refractivity contribution < 1.29 is 9.53 Å². The molecule has 0 saturated carbocycles. The van der Waals surface area contributed by atoms with Gasteiger partial charge in [-0.15, -0.1) is 0 Å². The van der Waals surface area contributed by atoms with E-state index in [0.29, 0.717) is 25.6 Å². The second-order valence-electron chi connectivity index (χ2n) is 5.35. The summed E-state index contributed by atoms with van der Waals surface area (Å²) in [6.07, 6.45) is 1.79. The van der Waals surface area contributed by atoms with Crippen molar-refractivity contribution in [2.24, 2.45) is 5.92 Å². The standard InChI is InChI=1S/C15H25N3O2/c1-10(2)6-18-14(19)9-16-8-13-12(4)15(20-5)11(3)7-17-13/h7,10,16H,6,8-9H2,1-5H3,(H,18,19). The van der Waals surface area contributed by atoms with Crippen molar-refractivity contribution in [3.63, 3.8) is 0 Å². The maximum absolute atomic E-state index is 11.6. The third-order valence-corrected chi connectivity index (χ3v) is 3.04. The number of amides is 1. The Morgan fingerprint density at radius 2 is 2.10 bits per heavy atom. The van der Waals surface area contributed by atoms with Gasteiger partial charge in [0.05, 0.1) is 19.3 Å². The van der Waals surface area contributed by atoms with Crippen LogP contribution >= 0.6 is 0 Å². The summed E-state index contributed by atoms with van der Waals surface area (Å²) in [6.45, 7) is 9.64. The molecule has 20 heavy (non-hydrogen) atoms. The predicted octanol–water partition coefficient (Wildman–Crippen LogP) is 1.57. The second kappa shape index (κ2) is 7.85. The molecule has 5 heteroatoms. The number of hydrogen-bond donors (Lipinski definition) is 2. The van der Waals surface area contributed by atoms with E-state index < -0.39 is 0 Å². The fourth-order valence-electron chi connectivity index (χ4n) is 1.92. The minimum Gasteiger partial charge on any atom is -0.496 e. The van der Waals surface area contributed by atoms with Crippen LogP contribution in [0, 0.1) is 19.8 Å². The zero-order chi connectivity index (χ0) is 15.1. The van der Waals surface area contributed by atoms with Gasteiger partial charge in [-0.3, -0.25) is 9.78 Å². The highest BCUT2D eigenvalue weighted by Crippen LogP contribution is 2.23. The van der Waals surface area contributed by atoms with E-state index in [-0.39, 0.29) is 5.91 Å². The van der Waals surface area contributed by atoms with E-state index in [1.807, 2.05) is 13.8 Å². The summed E-state index contributed by atoms with van der Waals surface area (Å²) in [6, 6.07) is 0. The van der Waals surface area contributed by atoms with Crippen LogP contribution in [0.15, 0.2) is 6.20 Å². The van der Waals surface area contributed by atoms with E-state index >= 15 is 0 Å². The van der Waals surface area contributed by atoms with Gasteiger partial charge in [0.2, 0.25) is 5.91 Å². The molecule has 0 aliphatic carbocycles. The number of carbonyl (C=O) groups excluding carboxylic acids is 1. The third-order valence-electron chi connectivity index (χ3n) is 3.04. The van der Waals surface area contributed by atoms with Crippen LogP contribution in [-0.4, -0.2) is 31.1 Å². The van der Waals surface area contributed by atoms with Gasteiger partial charge in [-0.25, -0.2) is 0 Å². The Bertz CT molecular complexity index is 459. The highest BCUT2D eigenvalue weighted by atomic mass is 16.5. The van der Waals surface area contributed by atoms with Gasteiger partial charge in [0.15, 0.2) is 0 Å². The highest BCUT2D eigenvalue weighted by Gasteiger charge is 2.09. The van der Waals surface area contributed by atoms with E-state index in [1.165, 1.54) is 0 Å². The van der Waals surface area contributed by atoms with Crippen molar-refractivity contribution >= 4 is 5.91 Å². The van der Waals surface area contributed by atoms with Gasteiger partial charge < -0.3 is 15.4 Å². The SMILES string of the molecule is COc1c(C)cnc(CNCC(=O)NCC(C)C)c1C. The van der Waals surface area contributed by atoms with Crippen molar-refractivity contribution in [3.05, 3.63) is 23.0 Å². The molecule has 1 rings (SSSR count). The molecule has 0 aromatic carbocycles. The van der Waals surface area contributed by atoms with E-state index in [9.17, 15) is 4.79 Å². The van der Waals surface area contributed by atoms with Crippen LogP contribution in [-0.2, 0) is 11.3 Å². The van der Waals surface area contributed by atoms with E-state index in [0.717, 1.165) is 22.6 Å². The van der Waals surface area contributed by atoms with E-state index in [1.54, 1.807) is 13.3 Å². The molecule has 0 aliphatic rings. The fourth-order valence-corrected chi connectivity index (χ4v) is 1.92. The summed E-state index contributed by atoms with van der Waals surface area (Å²) in [5, 5.41) is 5.97. The maximum Gasteiger partial charge on any atom is 0.233 e. The van der Waals surface area contributed by atoms with Crippen molar-refractivity contribution in [1.29, 1.82) is 0 Å². The quantitative estimate of drug-likeness (QED) is 0.795. The Balaban J connectivity index is 2.48. The number of aryl methyl sites for hydroxylation is 1. The van der Waals surface area contributed by atoms with Crippen LogP contribution in [0.1, 0.15) is 30.7 Å². The molecular formula is C15H25N3O2. The zero-order valence-electron chi connectivity index (χ0n) is 13.0. The first-order valence-corrected chi connectivity index (χ1v) is 6.92. The molecule has 112 valence electrons. The number of ether oxygens (including phenoxy) is 1. The lowest BCUT2D eigenvalue weighted by atomic mass is 10.1. The number of pyridine rings is 1. The van der Waals surface area contributed by atoms with Gasteiger partial charge in [0, 0.05) is 30.4 Å². The van der Waals surface area contributed by atoms with Gasteiger partial charge in [-0.2, -0.15) is 0 Å². The molecule has 1 aromatic heterocycles. The lowest BCUT2D eigenvalue weighted by molar-refractivity contribution is -0.120. The molecule has 2 N–H and O–H groups in total. The Morgan fingerprint density at radius 3 is 2.70 bits per heavy atom. The summed E-state index contributed by atoms with van der Waals surface area (Å²) in [5.41, 5.74) is 2.94. The first-order valence-electron chi connectivity index (χ1n) is 6.92. The maximum atomic E-state index is 11.6. The van der Waals surface area contributed by atoms with E-state index in [4.69, 9.17) is 4.74 Å². The first kappa shape index (κ1) is 16.4. The summed E-state index contributed by atoms with van der Waals surface area (Å²) >= 11 is 0. The second-order valence-corrected chi connectivity index (χ2v) is 5.35. The highest BCUT2D eigenvalue weighted by molar-refractivity contribution is 5.77. The van der Waals surface area contributed by atoms with Crippen LogP contribution in [0.3, 0.4) is 0 Å². The summed E-state index contributed by atoms with van der Waals surface area (Å²) in [5.74, 6) is 1.33. The number of nitrogens with one attached hydrogen (secondary N) is 2. The molecule has 5 nitrogen and oxygen atoms in total. The van der Waals surface area contributed by atoms with Crippen LogP contribution in [0.4, 0.5) is 0 Å². The summed E-state index contributed by atoms with van der Waals surface area (Å²) in [4.78, 5) is 16.0. The van der Waals surface area contributed by atoms with Gasteiger partial charge >= 0.3 is 0 Å². The lowest BCUT2D eigenvalue weighted by Gasteiger charge is -2.13. The zero-order valence-corrected chi connectivity index (χ0v) is 13.0. The normalized spacial score (nSPS) is 10.7. The fraction of sp³-hybridized carbons (Fsp3) is 0.600. The molecule has 0 spiro atoms. The summed E-state index contributed by atoms with van der Waals surface area (Å²) < 4.78 is 5.36. The molecule has 0 saturated heterocycles. The van der Waals surface area contributed by atoms with Crippen molar-refractivity contribution in [2.45, 2.75) is 34.2 Å². The molecule has 0 unspecified atom stereocenters. The van der Waals surface area contributed by atoms with Gasteiger partial charge in [0.1, 0.15) is 5.75 Å². The number of aromatic nitrogens is 1. The van der Waals surface area contributed by atoms with Crippen molar-refractivity contribution in [1.82, 2.24) is 15.6 Å². The molecule has 0 bridgehead atoms. The molecule has 1 heterocycles. The minimum atomic E-state index is 0.00966. The lowest BCUT2D eigenvalue weighted by Crippen LogP contribution is -2.35. The van der Waals surface area contributed by atoms with Gasteiger partial charge in [-0.1, -0.05) is 13.8 Å². The number of nitrogens with zero attached hydrogens (tertiary/aromatic N) is 1. The molecule has 1 aromatic rings. The molecule has 0 atom stereocenters. The Labute approximate surface area is 121 Å². The Morgan fingerprint density at radius 1 is 1.40 bits per heavy atom. The van der Waals surface area contributed by atoms with E-state index in [2.05, 4.69) is 29.5 Å². The average molecular weight is 279 g/mol. The third kappa shape index (κ3) is 4.81. The summed E-state index contributed by atoms with van der Waals surface area (Å²) in [7, 11) is 1.66. The Kier molecular flexibility index (Phi) is 6.45. The van der Waals surface area contributed by atoms with Crippen LogP contribution in [0.25, 0.3) is 0 Å². The molecule has 0 fully saturated rings. The number of hydrogen-bond acceptors (Lipinski definition) is 4. The topological polar surface area (TPSA) is 63.2 Å². The molecule has 0 aliphatic heterocycles. The number of methoxy groups -OCH3 is 1. The van der Waals surface area contributed by atoms with Crippen LogP contribution in [0.5, 0.6) is 5.75 Å². The van der Waals surface area contributed by atoms with Crippen LogP contribution < -0.4 is 15.4 Å². The van der Waals surface area contributed by atoms with Crippen molar-refractivity contribution in [3.8, 4) is 5.75 Å². The number of rotatable bonds is 7. The molecule has 1 amide bonds.